The number of carboxylic acid groups (broad SMARTS) is 1. The molecule has 0 radical (unpaired) electrons. The predicted octanol–water partition coefficient (Wildman–Crippen LogP) is 2.46. The summed E-state index contributed by atoms with van der Waals surface area (Å²) in [6.07, 6.45) is 1.81. The highest BCUT2D eigenvalue weighted by Crippen LogP contribution is 2.58. The van der Waals surface area contributed by atoms with E-state index in [1.54, 1.807) is 6.20 Å². The monoisotopic (exact) mass is 272 g/mol. The Hall–Kier alpha value is -2.30. The van der Waals surface area contributed by atoms with Crippen molar-refractivity contribution in [1.29, 1.82) is 0 Å². The van der Waals surface area contributed by atoms with Gasteiger partial charge in [-0.2, -0.15) is 0 Å². The zero-order valence-electron chi connectivity index (χ0n) is 11.3. The molecule has 0 aliphatic heterocycles. The SMILES string of the molecule is CC1(C)C(C(=O)O)C1C(=O)Nc1cccc2[nH]ccc12. The number of carbonyl (C=O) groups is 2. The number of aliphatic carboxylic acids is 1. The Morgan fingerprint density at radius 2 is 2.00 bits per heavy atom. The second-order valence-electron chi connectivity index (χ2n) is 5.85. The zero-order chi connectivity index (χ0) is 14.5. The Morgan fingerprint density at radius 3 is 2.65 bits per heavy atom. The Kier molecular flexibility index (Phi) is 2.61. The van der Waals surface area contributed by atoms with Crippen LogP contribution in [0, 0.1) is 17.3 Å². The molecule has 3 rings (SSSR count). The molecule has 1 saturated carbocycles. The summed E-state index contributed by atoms with van der Waals surface area (Å²) in [6, 6.07) is 7.48. The van der Waals surface area contributed by atoms with Crippen molar-refractivity contribution in [2.45, 2.75) is 13.8 Å². The number of hydrogen-bond acceptors (Lipinski definition) is 2. The van der Waals surface area contributed by atoms with Crippen LogP contribution in [0.3, 0.4) is 0 Å². The van der Waals surface area contributed by atoms with E-state index in [4.69, 9.17) is 5.11 Å². The number of anilines is 1. The topological polar surface area (TPSA) is 82.2 Å². The summed E-state index contributed by atoms with van der Waals surface area (Å²) >= 11 is 0. The average Bonchev–Trinajstić information content (AvgIpc) is 2.73. The fraction of sp³-hybridized carbons (Fsp3) is 0.333. The average molecular weight is 272 g/mol. The summed E-state index contributed by atoms with van der Waals surface area (Å²) < 4.78 is 0. The Labute approximate surface area is 116 Å². The van der Waals surface area contributed by atoms with Crippen LogP contribution in [-0.4, -0.2) is 22.0 Å². The van der Waals surface area contributed by atoms with E-state index in [9.17, 15) is 9.59 Å². The first-order valence-electron chi connectivity index (χ1n) is 6.52. The molecule has 20 heavy (non-hydrogen) atoms. The van der Waals surface area contributed by atoms with E-state index >= 15 is 0 Å². The Bertz CT molecular complexity index is 702. The molecular formula is C15H16N2O3. The number of aromatic nitrogens is 1. The third kappa shape index (κ3) is 1.78. The minimum absolute atomic E-state index is 0.226. The Morgan fingerprint density at radius 1 is 1.25 bits per heavy atom. The third-order valence-corrected chi connectivity index (χ3v) is 4.23. The lowest BCUT2D eigenvalue weighted by Crippen LogP contribution is -2.17. The van der Waals surface area contributed by atoms with Crippen molar-refractivity contribution >= 4 is 28.5 Å². The molecule has 5 heteroatoms. The van der Waals surface area contributed by atoms with Gasteiger partial charge in [-0.1, -0.05) is 19.9 Å². The molecule has 0 bridgehead atoms. The number of carboxylic acids is 1. The van der Waals surface area contributed by atoms with Gasteiger partial charge in [0.25, 0.3) is 0 Å². The molecule has 1 aliphatic carbocycles. The highest BCUT2D eigenvalue weighted by molar-refractivity contribution is 6.05. The van der Waals surface area contributed by atoms with Crippen LogP contribution in [0.4, 0.5) is 5.69 Å². The second-order valence-corrected chi connectivity index (χ2v) is 5.85. The minimum atomic E-state index is -0.907. The number of rotatable bonds is 3. The van der Waals surface area contributed by atoms with E-state index in [0.29, 0.717) is 5.69 Å². The molecule has 1 amide bonds. The molecule has 2 atom stereocenters. The van der Waals surface area contributed by atoms with Gasteiger partial charge in [0.1, 0.15) is 0 Å². The fourth-order valence-corrected chi connectivity index (χ4v) is 2.99. The smallest absolute Gasteiger partial charge is 0.307 e. The molecule has 3 N–H and O–H groups in total. The molecular weight excluding hydrogens is 256 g/mol. The van der Waals surface area contributed by atoms with E-state index in [0.717, 1.165) is 10.9 Å². The zero-order valence-corrected chi connectivity index (χ0v) is 11.3. The van der Waals surface area contributed by atoms with E-state index in [-0.39, 0.29) is 5.91 Å². The number of carbonyl (C=O) groups excluding carboxylic acids is 1. The number of hydrogen-bond donors (Lipinski definition) is 3. The lowest BCUT2D eigenvalue weighted by molar-refractivity contribution is -0.140. The van der Waals surface area contributed by atoms with Gasteiger partial charge in [-0.3, -0.25) is 9.59 Å². The lowest BCUT2D eigenvalue weighted by atomic mass is 10.1. The molecule has 5 nitrogen and oxygen atoms in total. The van der Waals surface area contributed by atoms with Crippen LogP contribution in [0.5, 0.6) is 0 Å². The van der Waals surface area contributed by atoms with E-state index in [1.165, 1.54) is 0 Å². The van der Waals surface area contributed by atoms with Crippen molar-refractivity contribution in [1.82, 2.24) is 4.98 Å². The number of aromatic amines is 1. The van der Waals surface area contributed by atoms with Gasteiger partial charge in [-0.15, -0.1) is 0 Å². The first-order valence-corrected chi connectivity index (χ1v) is 6.52. The highest BCUT2D eigenvalue weighted by atomic mass is 16.4. The van der Waals surface area contributed by atoms with Gasteiger partial charge in [0, 0.05) is 17.1 Å². The molecule has 1 aromatic heterocycles. The maximum absolute atomic E-state index is 12.3. The third-order valence-electron chi connectivity index (χ3n) is 4.23. The molecule has 2 unspecified atom stereocenters. The van der Waals surface area contributed by atoms with Crippen molar-refractivity contribution in [3.05, 3.63) is 30.5 Å². The van der Waals surface area contributed by atoms with Crippen LogP contribution in [0.1, 0.15) is 13.8 Å². The summed E-state index contributed by atoms with van der Waals surface area (Å²) in [5, 5.41) is 12.9. The summed E-state index contributed by atoms with van der Waals surface area (Å²) in [5.41, 5.74) is 1.16. The summed E-state index contributed by atoms with van der Waals surface area (Å²) in [6.45, 7) is 3.62. The van der Waals surface area contributed by atoms with Crippen molar-refractivity contribution in [3.63, 3.8) is 0 Å². The minimum Gasteiger partial charge on any atom is -0.481 e. The molecule has 1 fully saturated rings. The van der Waals surface area contributed by atoms with Crippen molar-refractivity contribution < 1.29 is 14.7 Å². The fourth-order valence-electron chi connectivity index (χ4n) is 2.99. The predicted molar refractivity (Wildman–Crippen MR) is 75.3 cm³/mol. The van der Waals surface area contributed by atoms with Crippen LogP contribution in [0.25, 0.3) is 10.9 Å². The van der Waals surface area contributed by atoms with Gasteiger partial charge in [0.05, 0.1) is 17.5 Å². The van der Waals surface area contributed by atoms with Crippen molar-refractivity contribution in [2.75, 3.05) is 5.32 Å². The number of H-pyrrole nitrogens is 1. The highest BCUT2D eigenvalue weighted by Gasteiger charge is 2.65. The molecule has 0 saturated heterocycles. The van der Waals surface area contributed by atoms with Gasteiger partial charge >= 0.3 is 5.97 Å². The standard InChI is InChI=1S/C15H16N2O3/c1-15(2)11(12(15)14(19)20)13(18)17-10-5-3-4-9-8(10)6-7-16-9/h3-7,11-12,16H,1-2H3,(H,17,18)(H,19,20). The van der Waals surface area contributed by atoms with Gasteiger partial charge < -0.3 is 15.4 Å². The van der Waals surface area contributed by atoms with Crippen LogP contribution in [-0.2, 0) is 9.59 Å². The van der Waals surface area contributed by atoms with Gasteiger partial charge in [-0.25, -0.2) is 0 Å². The normalized spacial score (nSPS) is 23.5. The van der Waals surface area contributed by atoms with Gasteiger partial charge in [0.2, 0.25) is 5.91 Å². The van der Waals surface area contributed by atoms with Crippen LogP contribution >= 0.6 is 0 Å². The number of nitrogens with one attached hydrogen (secondary N) is 2. The van der Waals surface area contributed by atoms with Gasteiger partial charge in [-0.05, 0) is 23.6 Å². The van der Waals surface area contributed by atoms with Crippen LogP contribution < -0.4 is 5.32 Å². The quantitative estimate of drug-likeness (QED) is 0.802. The molecule has 2 aromatic rings. The Balaban J connectivity index is 1.84. The largest absolute Gasteiger partial charge is 0.481 e. The second kappa shape index (κ2) is 4.10. The van der Waals surface area contributed by atoms with E-state index in [2.05, 4.69) is 10.3 Å². The molecule has 1 aliphatic rings. The van der Waals surface area contributed by atoms with Crippen molar-refractivity contribution in [2.24, 2.45) is 17.3 Å². The summed E-state index contributed by atoms with van der Waals surface area (Å²) in [5.74, 6) is -2.21. The van der Waals surface area contributed by atoms with Crippen molar-refractivity contribution in [3.8, 4) is 0 Å². The van der Waals surface area contributed by atoms with E-state index < -0.39 is 23.2 Å². The maximum atomic E-state index is 12.3. The molecule has 0 spiro atoms. The lowest BCUT2D eigenvalue weighted by Gasteiger charge is -2.07. The van der Waals surface area contributed by atoms with Gasteiger partial charge in [0.15, 0.2) is 0 Å². The maximum Gasteiger partial charge on any atom is 0.307 e. The van der Waals surface area contributed by atoms with E-state index in [1.807, 2.05) is 38.1 Å². The summed E-state index contributed by atoms with van der Waals surface area (Å²) in [4.78, 5) is 26.5. The molecule has 1 heterocycles. The first kappa shape index (κ1) is 12.7. The van der Waals surface area contributed by atoms with Crippen LogP contribution in [0.15, 0.2) is 30.5 Å². The summed E-state index contributed by atoms with van der Waals surface area (Å²) in [7, 11) is 0. The van der Waals surface area contributed by atoms with Crippen LogP contribution in [0.2, 0.25) is 0 Å². The molecule has 104 valence electrons. The molecule has 1 aromatic carbocycles. The number of amides is 1. The number of benzene rings is 1. The number of fused-ring (bicyclic) bond motifs is 1. The first-order chi connectivity index (χ1) is 9.43.